The topological polar surface area (TPSA) is 0 Å². The van der Waals surface area contributed by atoms with Crippen LogP contribution in [0.5, 0.6) is 0 Å². The van der Waals surface area contributed by atoms with E-state index >= 15 is 0 Å². The van der Waals surface area contributed by atoms with Crippen molar-refractivity contribution in [3.8, 4) is 0 Å². The first-order chi connectivity index (χ1) is 11.9. The Bertz CT molecular complexity index is 710. The van der Waals surface area contributed by atoms with Gasteiger partial charge in [0.2, 0.25) is 0 Å². The van der Waals surface area contributed by atoms with Gasteiger partial charge < -0.3 is 0 Å². The van der Waals surface area contributed by atoms with Crippen molar-refractivity contribution < 1.29 is 21.7 Å². The SMILES string of the molecule is [Ti+2].c1ccc(Cc2ccc[cH-]2)cc1.c1ccc(Cc2ccc[cH-]2)cc1. The minimum Gasteiger partial charge on any atom is -0.213 e. The molecule has 0 radical (unpaired) electrons. The van der Waals surface area contributed by atoms with E-state index in [-0.39, 0.29) is 21.7 Å². The van der Waals surface area contributed by atoms with Crippen molar-refractivity contribution in [2.45, 2.75) is 12.8 Å². The third-order valence-corrected chi connectivity index (χ3v) is 3.97. The molecule has 25 heavy (non-hydrogen) atoms. The average molecular weight is 358 g/mol. The largest absolute Gasteiger partial charge is 2.00 e. The molecule has 0 bridgehead atoms. The van der Waals surface area contributed by atoms with E-state index < -0.39 is 0 Å². The molecule has 4 rings (SSSR count). The zero-order valence-corrected chi connectivity index (χ0v) is 15.9. The smallest absolute Gasteiger partial charge is 0.213 e. The van der Waals surface area contributed by atoms with Crippen LogP contribution in [0.3, 0.4) is 0 Å². The Morgan fingerprint density at radius 2 is 0.880 bits per heavy atom. The van der Waals surface area contributed by atoms with Gasteiger partial charge in [0.1, 0.15) is 0 Å². The molecule has 0 spiro atoms. The van der Waals surface area contributed by atoms with Gasteiger partial charge >= 0.3 is 21.7 Å². The first-order valence-electron chi connectivity index (χ1n) is 8.39. The van der Waals surface area contributed by atoms with Crippen LogP contribution in [0.4, 0.5) is 0 Å². The molecule has 0 saturated carbocycles. The monoisotopic (exact) mass is 358 g/mol. The van der Waals surface area contributed by atoms with Crippen molar-refractivity contribution in [2.75, 3.05) is 0 Å². The summed E-state index contributed by atoms with van der Waals surface area (Å²) in [6, 6.07) is 38.0. The van der Waals surface area contributed by atoms with Crippen LogP contribution in [0.25, 0.3) is 0 Å². The van der Waals surface area contributed by atoms with Gasteiger partial charge in [-0.25, -0.2) is 24.3 Å². The number of rotatable bonds is 4. The molecule has 4 aromatic rings. The summed E-state index contributed by atoms with van der Waals surface area (Å²) in [6.07, 6.45) is 2.10. The molecule has 0 amide bonds. The third kappa shape index (κ3) is 6.70. The molecule has 0 aliphatic rings. The van der Waals surface area contributed by atoms with Crippen LogP contribution in [0.1, 0.15) is 22.3 Å². The second-order valence-corrected chi connectivity index (χ2v) is 5.91. The van der Waals surface area contributed by atoms with E-state index in [0.717, 1.165) is 12.8 Å². The van der Waals surface area contributed by atoms with Crippen molar-refractivity contribution in [2.24, 2.45) is 0 Å². The molecule has 0 saturated heterocycles. The molecule has 1 heteroatoms. The first-order valence-corrected chi connectivity index (χ1v) is 8.39. The summed E-state index contributed by atoms with van der Waals surface area (Å²) in [4.78, 5) is 0. The van der Waals surface area contributed by atoms with Crippen LogP contribution in [0.15, 0.2) is 109 Å². The van der Waals surface area contributed by atoms with Crippen LogP contribution in [-0.4, -0.2) is 0 Å². The summed E-state index contributed by atoms with van der Waals surface area (Å²) in [7, 11) is 0. The van der Waals surface area contributed by atoms with E-state index in [0.29, 0.717) is 0 Å². The molecule has 122 valence electrons. The van der Waals surface area contributed by atoms with Crippen LogP contribution in [0.2, 0.25) is 0 Å². The summed E-state index contributed by atoms with van der Waals surface area (Å²) >= 11 is 0. The summed E-state index contributed by atoms with van der Waals surface area (Å²) in [5.74, 6) is 0. The van der Waals surface area contributed by atoms with Crippen molar-refractivity contribution >= 4 is 0 Å². The Morgan fingerprint density at radius 1 is 0.480 bits per heavy atom. The number of benzene rings is 2. The van der Waals surface area contributed by atoms with Crippen LogP contribution in [0, 0.1) is 0 Å². The van der Waals surface area contributed by atoms with Gasteiger partial charge in [0, 0.05) is 0 Å². The second kappa shape index (κ2) is 10.7. The average Bonchev–Trinajstić information content (AvgIpc) is 3.32. The summed E-state index contributed by atoms with van der Waals surface area (Å²) < 4.78 is 0. The van der Waals surface area contributed by atoms with Gasteiger partial charge in [-0.2, -0.15) is 35.4 Å². The number of hydrogen-bond acceptors (Lipinski definition) is 0. The van der Waals surface area contributed by atoms with E-state index in [1.165, 1.54) is 22.3 Å². The Hall–Kier alpha value is -2.15. The van der Waals surface area contributed by atoms with Crippen molar-refractivity contribution in [1.29, 1.82) is 0 Å². The van der Waals surface area contributed by atoms with Gasteiger partial charge in [-0.3, -0.25) is 0 Å². The molecule has 0 N–H and O–H groups in total. The summed E-state index contributed by atoms with van der Waals surface area (Å²) in [6.45, 7) is 0. The zero-order chi connectivity index (χ0) is 16.5. The quantitative estimate of drug-likeness (QED) is 0.310. The Labute approximate surface area is 165 Å². The molecule has 0 aliphatic carbocycles. The minimum absolute atomic E-state index is 0. The maximum Gasteiger partial charge on any atom is 2.00 e. The van der Waals surface area contributed by atoms with Crippen LogP contribution < -0.4 is 0 Å². The Morgan fingerprint density at radius 3 is 1.20 bits per heavy atom. The van der Waals surface area contributed by atoms with Gasteiger partial charge in [-0.15, -0.1) is 0 Å². The fourth-order valence-corrected chi connectivity index (χ4v) is 2.73. The molecule has 0 aromatic heterocycles. The van der Waals surface area contributed by atoms with Gasteiger partial charge in [-0.1, -0.05) is 60.7 Å². The van der Waals surface area contributed by atoms with Gasteiger partial charge in [0.15, 0.2) is 0 Å². The Kier molecular flexibility index (Phi) is 8.18. The molecular formula is C24H22Ti. The van der Waals surface area contributed by atoms with Crippen LogP contribution in [-0.2, 0) is 34.6 Å². The standard InChI is InChI=1S/2C12H11.Ti/c2*1-2-6-11(7-3-1)10-12-8-4-5-9-12;/h2*1-9H,10H2;/q2*-1;+2. The van der Waals surface area contributed by atoms with Gasteiger partial charge in [0.25, 0.3) is 0 Å². The van der Waals surface area contributed by atoms with E-state index in [1.807, 2.05) is 0 Å². The molecule has 0 fully saturated rings. The van der Waals surface area contributed by atoms with Crippen molar-refractivity contribution in [3.63, 3.8) is 0 Å². The van der Waals surface area contributed by atoms with Gasteiger partial charge in [-0.05, 0) is 24.0 Å². The normalized spacial score (nSPS) is 9.60. The fourth-order valence-electron chi connectivity index (χ4n) is 2.73. The summed E-state index contributed by atoms with van der Waals surface area (Å²) in [5, 5.41) is 0. The number of hydrogen-bond donors (Lipinski definition) is 0. The predicted molar refractivity (Wildman–Crippen MR) is 103 cm³/mol. The molecule has 0 heterocycles. The third-order valence-electron chi connectivity index (χ3n) is 3.97. The molecule has 4 aromatic carbocycles. The molecule has 0 atom stereocenters. The van der Waals surface area contributed by atoms with Gasteiger partial charge in [0.05, 0.1) is 0 Å². The van der Waals surface area contributed by atoms with Crippen molar-refractivity contribution in [3.05, 3.63) is 131 Å². The molecule has 0 nitrogen and oxygen atoms in total. The summed E-state index contributed by atoms with van der Waals surface area (Å²) in [5.41, 5.74) is 5.54. The molecule has 0 aliphatic heterocycles. The fraction of sp³-hybridized carbons (Fsp3) is 0.0833. The van der Waals surface area contributed by atoms with E-state index in [1.54, 1.807) is 0 Å². The maximum atomic E-state index is 2.16. The van der Waals surface area contributed by atoms with E-state index in [4.69, 9.17) is 0 Å². The maximum absolute atomic E-state index is 2.16. The molecule has 0 unspecified atom stereocenters. The van der Waals surface area contributed by atoms with E-state index in [9.17, 15) is 0 Å². The zero-order valence-electron chi connectivity index (χ0n) is 14.3. The van der Waals surface area contributed by atoms with Crippen LogP contribution >= 0.6 is 0 Å². The first kappa shape index (κ1) is 19.2. The Balaban J connectivity index is 0.000000173. The second-order valence-electron chi connectivity index (χ2n) is 5.91. The predicted octanol–water partition coefficient (Wildman–Crippen LogP) is 5.99. The van der Waals surface area contributed by atoms with E-state index in [2.05, 4.69) is 109 Å². The molecular weight excluding hydrogens is 336 g/mol. The van der Waals surface area contributed by atoms with Crippen molar-refractivity contribution in [1.82, 2.24) is 0 Å². The minimum atomic E-state index is 0.